The maximum atomic E-state index is 11.4. The Labute approximate surface area is 133 Å². The molecule has 0 saturated carbocycles. The number of anilines is 1. The standard InChI is InChI=1S/C17H16ClN3O/c1-12-19-15-9-14(20-17(22)10-18)7-8-16(15)21(12)11-13-5-3-2-4-6-13/h2-9H,10-11H2,1H3,(H,20,22). The smallest absolute Gasteiger partial charge is 0.239 e. The van der Waals surface area contributed by atoms with Crippen LogP contribution in [0.15, 0.2) is 48.5 Å². The molecule has 1 heterocycles. The second kappa shape index (κ2) is 6.20. The number of rotatable bonds is 4. The summed E-state index contributed by atoms with van der Waals surface area (Å²) in [6.07, 6.45) is 0. The molecule has 3 rings (SSSR count). The summed E-state index contributed by atoms with van der Waals surface area (Å²) in [5, 5.41) is 2.74. The van der Waals surface area contributed by atoms with Crippen LogP contribution in [0, 0.1) is 6.92 Å². The minimum atomic E-state index is -0.221. The lowest BCUT2D eigenvalue weighted by Gasteiger charge is -2.07. The van der Waals surface area contributed by atoms with Crippen LogP contribution < -0.4 is 5.32 Å². The fraction of sp³-hybridized carbons (Fsp3) is 0.176. The van der Waals surface area contributed by atoms with Gasteiger partial charge in [0.1, 0.15) is 11.7 Å². The number of imidazole rings is 1. The van der Waals surface area contributed by atoms with E-state index in [1.807, 2.05) is 43.3 Å². The molecule has 22 heavy (non-hydrogen) atoms. The third kappa shape index (κ3) is 2.97. The molecule has 112 valence electrons. The van der Waals surface area contributed by atoms with E-state index >= 15 is 0 Å². The Morgan fingerprint density at radius 2 is 2.00 bits per heavy atom. The first-order valence-electron chi connectivity index (χ1n) is 7.04. The lowest BCUT2D eigenvalue weighted by Crippen LogP contribution is -2.12. The number of amides is 1. The highest BCUT2D eigenvalue weighted by Gasteiger charge is 2.09. The fourth-order valence-corrected chi connectivity index (χ4v) is 2.55. The van der Waals surface area contributed by atoms with Gasteiger partial charge in [0, 0.05) is 12.2 Å². The molecule has 0 bridgehead atoms. The number of nitrogens with one attached hydrogen (secondary N) is 1. The molecule has 0 radical (unpaired) electrons. The molecule has 1 N–H and O–H groups in total. The first-order chi connectivity index (χ1) is 10.7. The molecule has 0 aliphatic heterocycles. The molecule has 3 aromatic rings. The van der Waals surface area contributed by atoms with E-state index in [0.29, 0.717) is 5.69 Å². The van der Waals surface area contributed by atoms with Gasteiger partial charge in [-0.15, -0.1) is 11.6 Å². The van der Waals surface area contributed by atoms with Crippen LogP contribution in [0.5, 0.6) is 0 Å². The van der Waals surface area contributed by atoms with E-state index in [1.165, 1.54) is 5.56 Å². The second-order valence-corrected chi connectivity index (χ2v) is 5.38. The number of hydrogen-bond donors (Lipinski definition) is 1. The third-order valence-electron chi connectivity index (χ3n) is 3.53. The van der Waals surface area contributed by atoms with Crippen molar-refractivity contribution in [1.29, 1.82) is 0 Å². The third-order valence-corrected chi connectivity index (χ3v) is 3.77. The molecule has 0 aliphatic carbocycles. The van der Waals surface area contributed by atoms with Gasteiger partial charge in [-0.25, -0.2) is 4.98 Å². The van der Waals surface area contributed by atoms with Gasteiger partial charge >= 0.3 is 0 Å². The van der Waals surface area contributed by atoms with E-state index < -0.39 is 0 Å². The van der Waals surface area contributed by atoms with Crippen LogP contribution in [-0.2, 0) is 11.3 Å². The van der Waals surface area contributed by atoms with Gasteiger partial charge in [0.15, 0.2) is 0 Å². The minimum absolute atomic E-state index is 0.0560. The maximum absolute atomic E-state index is 11.4. The molecule has 1 amide bonds. The van der Waals surface area contributed by atoms with Gasteiger partial charge in [-0.05, 0) is 30.7 Å². The highest BCUT2D eigenvalue weighted by molar-refractivity contribution is 6.29. The van der Waals surface area contributed by atoms with Crippen molar-refractivity contribution in [3.63, 3.8) is 0 Å². The molecular weight excluding hydrogens is 298 g/mol. The summed E-state index contributed by atoms with van der Waals surface area (Å²) in [6, 6.07) is 16.0. The predicted molar refractivity (Wildman–Crippen MR) is 89.4 cm³/mol. The molecule has 0 spiro atoms. The summed E-state index contributed by atoms with van der Waals surface area (Å²) in [6.45, 7) is 2.76. The highest BCUT2D eigenvalue weighted by Crippen LogP contribution is 2.21. The Bertz CT molecular complexity index is 811. The Balaban J connectivity index is 1.95. The van der Waals surface area contributed by atoms with Crippen molar-refractivity contribution in [1.82, 2.24) is 9.55 Å². The number of alkyl halides is 1. The zero-order valence-electron chi connectivity index (χ0n) is 12.2. The first kappa shape index (κ1) is 14.6. The summed E-state index contributed by atoms with van der Waals surface area (Å²) in [7, 11) is 0. The normalized spacial score (nSPS) is 10.8. The molecule has 1 aromatic heterocycles. The Morgan fingerprint density at radius 1 is 1.23 bits per heavy atom. The average molecular weight is 314 g/mol. The van der Waals surface area contributed by atoms with E-state index in [2.05, 4.69) is 27.0 Å². The van der Waals surface area contributed by atoms with Crippen LogP contribution in [-0.4, -0.2) is 21.3 Å². The van der Waals surface area contributed by atoms with Gasteiger partial charge in [0.25, 0.3) is 0 Å². The number of aromatic nitrogens is 2. The average Bonchev–Trinajstić information content (AvgIpc) is 2.83. The maximum Gasteiger partial charge on any atom is 0.239 e. The Kier molecular flexibility index (Phi) is 4.11. The Morgan fingerprint density at radius 3 is 2.73 bits per heavy atom. The predicted octanol–water partition coefficient (Wildman–Crippen LogP) is 3.57. The molecule has 4 nitrogen and oxygen atoms in total. The molecule has 2 aromatic carbocycles. The van der Waals surface area contributed by atoms with Gasteiger partial charge < -0.3 is 9.88 Å². The zero-order chi connectivity index (χ0) is 15.5. The summed E-state index contributed by atoms with van der Waals surface area (Å²) in [5.74, 6) is 0.667. The van der Waals surface area contributed by atoms with Crippen LogP contribution in [0.2, 0.25) is 0 Å². The van der Waals surface area contributed by atoms with Crippen molar-refractivity contribution in [3.8, 4) is 0 Å². The van der Waals surface area contributed by atoms with Crippen molar-refractivity contribution >= 4 is 34.2 Å². The molecule has 0 unspecified atom stereocenters. The van der Waals surface area contributed by atoms with E-state index in [0.717, 1.165) is 23.4 Å². The second-order valence-electron chi connectivity index (χ2n) is 5.12. The number of carbonyl (C=O) groups is 1. The zero-order valence-corrected chi connectivity index (χ0v) is 13.0. The van der Waals surface area contributed by atoms with Crippen LogP contribution in [0.1, 0.15) is 11.4 Å². The van der Waals surface area contributed by atoms with E-state index in [1.54, 1.807) is 0 Å². The monoisotopic (exact) mass is 313 g/mol. The number of fused-ring (bicyclic) bond motifs is 1. The quantitative estimate of drug-likeness (QED) is 0.748. The van der Waals surface area contributed by atoms with Gasteiger partial charge in [0.2, 0.25) is 5.91 Å². The van der Waals surface area contributed by atoms with Crippen molar-refractivity contribution in [2.75, 3.05) is 11.2 Å². The van der Waals surface area contributed by atoms with Crippen molar-refractivity contribution in [2.45, 2.75) is 13.5 Å². The molecule has 0 fully saturated rings. The van der Waals surface area contributed by atoms with E-state index in [4.69, 9.17) is 11.6 Å². The van der Waals surface area contributed by atoms with Crippen LogP contribution >= 0.6 is 11.6 Å². The minimum Gasteiger partial charge on any atom is -0.325 e. The van der Waals surface area contributed by atoms with Crippen LogP contribution in [0.25, 0.3) is 11.0 Å². The fourth-order valence-electron chi connectivity index (χ4n) is 2.49. The number of halogens is 1. The number of nitrogens with zero attached hydrogens (tertiary/aromatic N) is 2. The highest BCUT2D eigenvalue weighted by atomic mass is 35.5. The first-order valence-corrected chi connectivity index (χ1v) is 7.57. The summed E-state index contributed by atoms with van der Waals surface area (Å²) in [4.78, 5) is 15.9. The van der Waals surface area contributed by atoms with Gasteiger partial charge in [-0.1, -0.05) is 30.3 Å². The summed E-state index contributed by atoms with van der Waals surface area (Å²) < 4.78 is 2.16. The lowest BCUT2D eigenvalue weighted by atomic mass is 10.2. The number of carbonyl (C=O) groups excluding carboxylic acids is 1. The lowest BCUT2D eigenvalue weighted by molar-refractivity contribution is -0.113. The summed E-state index contributed by atoms with van der Waals surface area (Å²) >= 11 is 5.51. The largest absolute Gasteiger partial charge is 0.325 e. The van der Waals surface area contributed by atoms with Crippen molar-refractivity contribution in [2.24, 2.45) is 0 Å². The Hall–Kier alpha value is -2.33. The van der Waals surface area contributed by atoms with E-state index in [9.17, 15) is 4.79 Å². The topological polar surface area (TPSA) is 46.9 Å². The molecule has 0 atom stereocenters. The number of hydrogen-bond acceptors (Lipinski definition) is 2. The van der Waals surface area contributed by atoms with Crippen molar-refractivity contribution in [3.05, 3.63) is 59.9 Å². The number of benzene rings is 2. The van der Waals surface area contributed by atoms with Gasteiger partial charge in [0.05, 0.1) is 11.0 Å². The molecule has 0 saturated heterocycles. The molecular formula is C17H16ClN3O. The SMILES string of the molecule is Cc1nc2cc(NC(=O)CCl)ccc2n1Cc1ccccc1. The summed E-state index contributed by atoms with van der Waals surface area (Å²) in [5.41, 5.74) is 3.85. The van der Waals surface area contributed by atoms with Gasteiger partial charge in [-0.2, -0.15) is 0 Å². The molecule has 0 aliphatic rings. The van der Waals surface area contributed by atoms with E-state index in [-0.39, 0.29) is 11.8 Å². The van der Waals surface area contributed by atoms with Crippen LogP contribution in [0.3, 0.4) is 0 Å². The van der Waals surface area contributed by atoms with Gasteiger partial charge in [-0.3, -0.25) is 4.79 Å². The van der Waals surface area contributed by atoms with Crippen LogP contribution in [0.4, 0.5) is 5.69 Å². The molecule has 5 heteroatoms. The van der Waals surface area contributed by atoms with Crippen molar-refractivity contribution < 1.29 is 4.79 Å². The number of aryl methyl sites for hydroxylation is 1.